The molecule has 0 radical (unpaired) electrons. The molecule has 21 heavy (non-hydrogen) atoms. The van der Waals surface area contributed by atoms with E-state index in [-0.39, 0.29) is 0 Å². The lowest BCUT2D eigenvalue weighted by Crippen LogP contribution is -2.24. The predicted octanol–water partition coefficient (Wildman–Crippen LogP) is 3.86. The molecule has 1 aromatic carbocycles. The van der Waals surface area contributed by atoms with Crippen molar-refractivity contribution in [3.8, 4) is 12.3 Å². The zero-order chi connectivity index (χ0) is 15.1. The van der Waals surface area contributed by atoms with E-state index in [2.05, 4.69) is 54.3 Å². The van der Waals surface area contributed by atoms with Gasteiger partial charge in [-0.15, -0.1) is 17.8 Å². The molecular formula is C18H24N2S. The fourth-order valence-corrected chi connectivity index (χ4v) is 3.66. The van der Waals surface area contributed by atoms with Crippen LogP contribution in [0.25, 0.3) is 10.1 Å². The topological polar surface area (TPSA) is 15.3 Å². The monoisotopic (exact) mass is 300 g/mol. The molecular weight excluding hydrogens is 276 g/mol. The van der Waals surface area contributed by atoms with Crippen LogP contribution in [0.4, 0.5) is 0 Å². The Morgan fingerprint density at radius 1 is 1.29 bits per heavy atom. The van der Waals surface area contributed by atoms with Crippen LogP contribution >= 0.6 is 11.3 Å². The highest BCUT2D eigenvalue weighted by molar-refractivity contribution is 7.19. The van der Waals surface area contributed by atoms with Crippen molar-refractivity contribution in [2.45, 2.75) is 33.4 Å². The summed E-state index contributed by atoms with van der Waals surface area (Å²) in [5.41, 5.74) is 1.44. The van der Waals surface area contributed by atoms with E-state index in [9.17, 15) is 0 Å². The molecule has 0 saturated carbocycles. The first-order valence-corrected chi connectivity index (χ1v) is 8.47. The highest BCUT2D eigenvalue weighted by Crippen LogP contribution is 2.32. The Balaban J connectivity index is 2.28. The maximum absolute atomic E-state index is 5.48. The third-order valence-corrected chi connectivity index (χ3v) is 4.85. The maximum atomic E-state index is 5.48. The van der Waals surface area contributed by atoms with Gasteiger partial charge in [-0.05, 0) is 36.5 Å². The van der Waals surface area contributed by atoms with Crippen LogP contribution in [0.15, 0.2) is 24.3 Å². The Kier molecular flexibility index (Phi) is 6.25. The Bertz CT molecular complexity index is 609. The lowest BCUT2D eigenvalue weighted by atomic mass is 10.1. The molecule has 0 fully saturated rings. The van der Waals surface area contributed by atoms with Gasteiger partial charge in [0, 0.05) is 22.7 Å². The van der Waals surface area contributed by atoms with E-state index in [1.165, 1.54) is 26.9 Å². The standard InChI is InChI=1S/C18H24N2S/c1-4-11-19-13-18-16(14-20(6-3)12-5-2)15-9-7-8-10-17(15)21-18/h2,7-10,19H,4,6,11-14H2,1,3H3. The van der Waals surface area contributed by atoms with Gasteiger partial charge in [-0.1, -0.05) is 38.0 Å². The lowest BCUT2D eigenvalue weighted by molar-refractivity contribution is 0.316. The number of fused-ring (bicyclic) bond motifs is 1. The zero-order valence-corrected chi connectivity index (χ0v) is 13.8. The van der Waals surface area contributed by atoms with Gasteiger partial charge < -0.3 is 5.32 Å². The molecule has 0 bridgehead atoms. The summed E-state index contributed by atoms with van der Waals surface area (Å²) in [5, 5.41) is 4.91. The third-order valence-electron chi connectivity index (χ3n) is 3.64. The minimum Gasteiger partial charge on any atom is -0.312 e. The second-order valence-corrected chi connectivity index (χ2v) is 6.32. The van der Waals surface area contributed by atoms with Gasteiger partial charge in [0.15, 0.2) is 0 Å². The lowest BCUT2D eigenvalue weighted by Gasteiger charge is -2.18. The highest BCUT2D eigenvalue weighted by Gasteiger charge is 2.14. The number of hydrogen-bond donors (Lipinski definition) is 1. The first-order valence-electron chi connectivity index (χ1n) is 7.65. The van der Waals surface area contributed by atoms with Gasteiger partial charge in [0.25, 0.3) is 0 Å². The van der Waals surface area contributed by atoms with Crippen molar-refractivity contribution in [2.75, 3.05) is 19.6 Å². The van der Waals surface area contributed by atoms with Crippen LogP contribution in [0.5, 0.6) is 0 Å². The van der Waals surface area contributed by atoms with Crippen molar-refractivity contribution in [1.29, 1.82) is 0 Å². The largest absolute Gasteiger partial charge is 0.312 e. The number of benzene rings is 1. The van der Waals surface area contributed by atoms with E-state index in [1.54, 1.807) is 0 Å². The molecule has 0 aliphatic heterocycles. The number of rotatable bonds is 8. The molecule has 3 heteroatoms. The quantitative estimate of drug-likeness (QED) is 0.588. The van der Waals surface area contributed by atoms with Crippen molar-refractivity contribution in [3.63, 3.8) is 0 Å². The number of hydrogen-bond acceptors (Lipinski definition) is 3. The minimum atomic E-state index is 0.711. The van der Waals surface area contributed by atoms with Crippen molar-refractivity contribution in [2.24, 2.45) is 0 Å². The molecule has 2 nitrogen and oxygen atoms in total. The SMILES string of the molecule is C#CCN(CC)Cc1c(CNCCC)sc2ccccc12. The summed E-state index contributed by atoms with van der Waals surface area (Å²) in [6.07, 6.45) is 6.65. The minimum absolute atomic E-state index is 0.711. The van der Waals surface area contributed by atoms with Crippen molar-refractivity contribution >= 4 is 21.4 Å². The van der Waals surface area contributed by atoms with Crippen LogP contribution in [0.3, 0.4) is 0 Å². The van der Waals surface area contributed by atoms with Crippen LogP contribution in [-0.4, -0.2) is 24.5 Å². The Hall–Kier alpha value is -1.34. The molecule has 1 aromatic heterocycles. The fraction of sp³-hybridized carbons (Fsp3) is 0.444. The predicted molar refractivity (Wildman–Crippen MR) is 93.6 cm³/mol. The van der Waals surface area contributed by atoms with Crippen LogP contribution in [0.2, 0.25) is 0 Å². The first-order chi connectivity index (χ1) is 10.3. The number of terminal acetylenes is 1. The third kappa shape index (κ3) is 4.07. The molecule has 2 rings (SSSR count). The molecule has 0 unspecified atom stereocenters. The normalized spacial score (nSPS) is 11.1. The summed E-state index contributed by atoms with van der Waals surface area (Å²) in [6, 6.07) is 8.68. The number of nitrogens with zero attached hydrogens (tertiary/aromatic N) is 1. The second kappa shape index (κ2) is 8.19. The Morgan fingerprint density at radius 3 is 2.81 bits per heavy atom. The smallest absolute Gasteiger partial charge is 0.0601 e. The molecule has 0 saturated heterocycles. The zero-order valence-electron chi connectivity index (χ0n) is 13.0. The fourth-order valence-electron chi connectivity index (χ4n) is 2.48. The molecule has 112 valence electrons. The summed E-state index contributed by atoms with van der Waals surface area (Å²) >= 11 is 1.90. The molecule has 0 atom stereocenters. The number of nitrogens with one attached hydrogen (secondary N) is 1. The Morgan fingerprint density at radius 2 is 2.10 bits per heavy atom. The van der Waals surface area contributed by atoms with Crippen LogP contribution < -0.4 is 5.32 Å². The summed E-state index contributed by atoms with van der Waals surface area (Å²) in [7, 11) is 0. The molecule has 0 aliphatic carbocycles. The van der Waals surface area contributed by atoms with Crippen LogP contribution in [0, 0.1) is 12.3 Å². The molecule has 2 aromatic rings. The van der Waals surface area contributed by atoms with Gasteiger partial charge >= 0.3 is 0 Å². The summed E-state index contributed by atoms with van der Waals surface area (Å²) in [6.45, 7) is 9.02. The van der Waals surface area contributed by atoms with Crippen LogP contribution in [-0.2, 0) is 13.1 Å². The van der Waals surface area contributed by atoms with Gasteiger partial charge in [-0.3, -0.25) is 4.90 Å². The van der Waals surface area contributed by atoms with Crippen molar-refractivity contribution in [1.82, 2.24) is 10.2 Å². The molecule has 1 N–H and O–H groups in total. The van der Waals surface area contributed by atoms with E-state index in [1.807, 2.05) is 11.3 Å². The summed E-state index contributed by atoms with van der Waals surface area (Å²) < 4.78 is 1.37. The summed E-state index contributed by atoms with van der Waals surface area (Å²) in [5.74, 6) is 2.76. The molecule has 1 heterocycles. The second-order valence-electron chi connectivity index (χ2n) is 5.18. The average molecular weight is 300 g/mol. The van der Waals surface area contributed by atoms with E-state index < -0.39 is 0 Å². The van der Waals surface area contributed by atoms with Crippen LogP contribution in [0.1, 0.15) is 30.7 Å². The van der Waals surface area contributed by atoms with E-state index in [0.29, 0.717) is 6.54 Å². The summed E-state index contributed by atoms with van der Waals surface area (Å²) in [4.78, 5) is 3.76. The Labute approximate surface area is 132 Å². The molecule has 0 spiro atoms. The van der Waals surface area contributed by atoms with Gasteiger partial charge in [0.1, 0.15) is 0 Å². The van der Waals surface area contributed by atoms with Crippen molar-refractivity contribution < 1.29 is 0 Å². The van der Waals surface area contributed by atoms with E-state index in [0.717, 1.165) is 26.2 Å². The maximum Gasteiger partial charge on any atom is 0.0601 e. The van der Waals surface area contributed by atoms with Gasteiger partial charge in [0.2, 0.25) is 0 Å². The van der Waals surface area contributed by atoms with E-state index in [4.69, 9.17) is 6.42 Å². The van der Waals surface area contributed by atoms with Crippen molar-refractivity contribution in [3.05, 3.63) is 34.7 Å². The highest BCUT2D eigenvalue weighted by atomic mass is 32.1. The molecule has 0 amide bonds. The first kappa shape index (κ1) is 16.0. The average Bonchev–Trinajstić information content (AvgIpc) is 2.85. The van der Waals surface area contributed by atoms with E-state index >= 15 is 0 Å². The van der Waals surface area contributed by atoms with Gasteiger partial charge in [0.05, 0.1) is 6.54 Å². The molecule has 0 aliphatic rings. The van der Waals surface area contributed by atoms with Gasteiger partial charge in [-0.25, -0.2) is 0 Å². The van der Waals surface area contributed by atoms with Gasteiger partial charge in [-0.2, -0.15) is 0 Å². The number of thiophene rings is 1.